The lowest BCUT2D eigenvalue weighted by Gasteiger charge is -2.23. The van der Waals surface area contributed by atoms with E-state index in [0.717, 1.165) is 30.6 Å². The van der Waals surface area contributed by atoms with Crippen LogP contribution in [0.4, 0.5) is 5.69 Å². The third-order valence-corrected chi connectivity index (χ3v) is 2.57. The number of carbonyl (C=O) groups is 1. The van der Waals surface area contributed by atoms with Gasteiger partial charge in [0.15, 0.2) is 0 Å². The van der Waals surface area contributed by atoms with Crippen molar-refractivity contribution in [3.8, 4) is 6.07 Å². The van der Waals surface area contributed by atoms with E-state index in [1.807, 2.05) is 25.1 Å². The molecule has 0 saturated carbocycles. The first-order valence-corrected chi connectivity index (χ1v) is 5.40. The summed E-state index contributed by atoms with van der Waals surface area (Å²) in [5.41, 5.74) is 2.87. The summed E-state index contributed by atoms with van der Waals surface area (Å²) in [7, 11) is 0. The molecule has 84 valence electrons. The standard InChI is InChI=1S/C13H16N2O/c1-3-15(8-4-7-14)13-6-5-12(10-16)9-11(13)2/h5-6,9-10H,3-4,8H2,1-2H3. The molecule has 0 amide bonds. The molecule has 0 unspecified atom stereocenters. The number of hydrogen-bond acceptors (Lipinski definition) is 3. The summed E-state index contributed by atoms with van der Waals surface area (Å²) in [6, 6.07) is 7.77. The van der Waals surface area contributed by atoms with Gasteiger partial charge in [0, 0.05) is 24.3 Å². The first kappa shape index (κ1) is 12.3. The maximum absolute atomic E-state index is 10.6. The molecular formula is C13H16N2O. The van der Waals surface area contributed by atoms with Crippen molar-refractivity contribution in [2.45, 2.75) is 20.3 Å². The van der Waals surface area contributed by atoms with Crippen LogP contribution in [-0.4, -0.2) is 19.4 Å². The molecule has 0 aliphatic carbocycles. The van der Waals surface area contributed by atoms with E-state index in [1.54, 1.807) is 0 Å². The lowest BCUT2D eigenvalue weighted by Crippen LogP contribution is -2.24. The molecule has 0 radical (unpaired) electrons. The second-order valence-electron chi connectivity index (χ2n) is 3.65. The second kappa shape index (κ2) is 5.92. The van der Waals surface area contributed by atoms with Gasteiger partial charge < -0.3 is 4.90 Å². The van der Waals surface area contributed by atoms with Gasteiger partial charge in [-0.3, -0.25) is 4.79 Å². The topological polar surface area (TPSA) is 44.1 Å². The first-order chi connectivity index (χ1) is 7.72. The predicted octanol–water partition coefficient (Wildman–Crippen LogP) is 2.55. The highest BCUT2D eigenvalue weighted by Gasteiger charge is 2.07. The molecular weight excluding hydrogens is 200 g/mol. The minimum absolute atomic E-state index is 0.517. The van der Waals surface area contributed by atoms with Crippen molar-refractivity contribution in [3.63, 3.8) is 0 Å². The summed E-state index contributed by atoms with van der Waals surface area (Å²) >= 11 is 0. The first-order valence-electron chi connectivity index (χ1n) is 5.40. The Morgan fingerprint density at radius 3 is 2.75 bits per heavy atom. The fourth-order valence-electron chi connectivity index (χ4n) is 1.74. The number of nitriles is 1. The van der Waals surface area contributed by atoms with Gasteiger partial charge in [-0.1, -0.05) is 0 Å². The number of carbonyl (C=O) groups excluding carboxylic acids is 1. The number of anilines is 1. The molecule has 0 atom stereocenters. The molecule has 1 aromatic carbocycles. The molecule has 3 nitrogen and oxygen atoms in total. The zero-order chi connectivity index (χ0) is 12.0. The molecule has 16 heavy (non-hydrogen) atoms. The average Bonchev–Trinajstić information content (AvgIpc) is 2.31. The van der Waals surface area contributed by atoms with E-state index in [2.05, 4.69) is 17.9 Å². The third kappa shape index (κ3) is 2.83. The van der Waals surface area contributed by atoms with Crippen molar-refractivity contribution < 1.29 is 4.79 Å². The zero-order valence-electron chi connectivity index (χ0n) is 9.73. The van der Waals surface area contributed by atoms with Crippen LogP contribution in [0.1, 0.15) is 29.3 Å². The van der Waals surface area contributed by atoms with Crippen LogP contribution in [0.15, 0.2) is 18.2 Å². The van der Waals surface area contributed by atoms with Crippen molar-refractivity contribution in [1.82, 2.24) is 0 Å². The molecule has 1 aromatic rings. The maximum Gasteiger partial charge on any atom is 0.150 e. The largest absolute Gasteiger partial charge is 0.371 e. The number of rotatable bonds is 5. The predicted molar refractivity (Wildman–Crippen MR) is 64.7 cm³/mol. The minimum Gasteiger partial charge on any atom is -0.371 e. The van der Waals surface area contributed by atoms with Crippen molar-refractivity contribution in [1.29, 1.82) is 5.26 Å². The van der Waals surface area contributed by atoms with Crippen molar-refractivity contribution in [3.05, 3.63) is 29.3 Å². The number of aryl methyl sites for hydroxylation is 1. The molecule has 0 heterocycles. The number of nitrogens with zero attached hydrogens (tertiary/aromatic N) is 2. The Balaban J connectivity index is 2.93. The molecule has 1 rings (SSSR count). The summed E-state index contributed by atoms with van der Waals surface area (Å²) in [4.78, 5) is 12.8. The summed E-state index contributed by atoms with van der Waals surface area (Å²) in [5.74, 6) is 0. The molecule has 0 fully saturated rings. The summed E-state index contributed by atoms with van der Waals surface area (Å²) in [6.45, 7) is 5.64. The minimum atomic E-state index is 0.517. The molecule has 0 spiro atoms. The summed E-state index contributed by atoms with van der Waals surface area (Å²) < 4.78 is 0. The Kier molecular flexibility index (Phi) is 4.53. The Labute approximate surface area is 96.3 Å². The van der Waals surface area contributed by atoms with Crippen molar-refractivity contribution in [2.24, 2.45) is 0 Å². The zero-order valence-corrected chi connectivity index (χ0v) is 9.73. The monoisotopic (exact) mass is 216 g/mol. The Bertz CT molecular complexity index is 407. The smallest absolute Gasteiger partial charge is 0.150 e. The average molecular weight is 216 g/mol. The van der Waals surface area contributed by atoms with Gasteiger partial charge in [0.1, 0.15) is 6.29 Å². The third-order valence-electron chi connectivity index (χ3n) is 2.57. The fourth-order valence-corrected chi connectivity index (χ4v) is 1.74. The van der Waals surface area contributed by atoms with Gasteiger partial charge in [-0.15, -0.1) is 0 Å². The van der Waals surface area contributed by atoms with E-state index >= 15 is 0 Å². The van der Waals surface area contributed by atoms with E-state index in [0.29, 0.717) is 12.0 Å². The van der Waals surface area contributed by atoms with Gasteiger partial charge in [0.05, 0.1) is 12.5 Å². The van der Waals surface area contributed by atoms with Crippen LogP contribution in [-0.2, 0) is 0 Å². The van der Waals surface area contributed by atoms with Crippen molar-refractivity contribution in [2.75, 3.05) is 18.0 Å². The van der Waals surface area contributed by atoms with Crippen LogP contribution in [0.25, 0.3) is 0 Å². The number of benzene rings is 1. The van der Waals surface area contributed by atoms with Gasteiger partial charge in [-0.25, -0.2) is 0 Å². The van der Waals surface area contributed by atoms with Gasteiger partial charge in [0.25, 0.3) is 0 Å². The van der Waals surface area contributed by atoms with Crippen molar-refractivity contribution >= 4 is 12.0 Å². The Morgan fingerprint density at radius 2 is 2.25 bits per heavy atom. The van der Waals surface area contributed by atoms with Gasteiger partial charge in [0.2, 0.25) is 0 Å². The van der Waals surface area contributed by atoms with E-state index in [9.17, 15) is 4.79 Å². The highest BCUT2D eigenvalue weighted by atomic mass is 16.1. The summed E-state index contributed by atoms with van der Waals surface area (Å²) in [5, 5.41) is 8.59. The van der Waals surface area contributed by atoms with E-state index in [-0.39, 0.29) is 0 Å². The van der Waals surface area contributed by atoms with Gasteiger partial charge in [-0.2, -0.15) is 5.26 Å². The Morgan fingerprint density at radius 1 is 1.50 bits per heavy atom. The van der Waals surface area contributed by atoms with Crippen LogP contribution >= 0.6 is 0 Å². The van der Waals surface area contributed by atoms with Crippen LogP contribution in [0.5, 0.6) is 0 Å². The number of aldehydes is 1. The lowest BCUT2D eigenvalue weighted by molar-refractivity contribution is 0.112. The molecule has 0 N–H and O–H groups in total. The normalized spacial score (nSPS) is 9.56. The van der Waals surface area contributed by atoms with E-state index < -0.39 is 0 Å². The van der Waals surface area contributed by atoms with Crippen LogP contribution in [0, 0.1) is 18.3 Å². The molecule has 0 saturated heterocycles. The van der Waals surface area contributed by atoms with Crippen LogP contribution in [0.3, 0.4) is 0 Å². The highest BCUT2D eigenvalue weighted by molar-refractivity contribution is 5.76. The highest BCUT2D eigenvalue weighted by Crippen LogP contribution is 2.20. The second-order valence-corrected chi connectivity index (χ2v) is 3.65. The molecule has 0 aliphatic rings. The SMILES string of the molecule is CCN(CCC#N)c1ccc(C=O)cc1C. The maximum atomic E-state index is 10.6. The van der Waals surface area contributed by atoms with E-state index in [1.165, 1.54) is 0 Å². The van der Waals surface area contributed by atoms with Crippen LogP contribution in [0.2, 0.25) is 0 Å². The number of hydrogen-bond donors (Lipinski definition) is 0. The van der Waals surface area contributed by atoms with Crippen LogP contribution < -0.4 is 4.90 Å². The lowest BCUT2D eigenvalue weighted by atomic mass is 10.1. The summed E-state index contributed by atoms with van der Waals surface area (Å²) in [6.07, 6.45) is 1.37. The molecule has 0 aromatic heterocycles. The van der Waals surface area contributed by atoms with E-state index in [4.69, 9.17) is 5.26 Å². The van der Waals surface area contributed by atoms with Gasteiger partial charge >= 0.3 is 0 Å². The quantitative estimate of drug-likeness (QED) is 0.710. The molecule has 0 bridgehead atoms. The molecule has 0 aliphatic heterocycles. The fraction of sp³-hybridized carbons (Fsp3) is 0.385. The molecule has 3 heteroatoms. The Hall–Kier alpha value is -1.82. The van der Waals surface area contributed by atoms with Gasteiger partial charge in [-0.05, 0) is 37.6 Å².